The van der Waals surface area contributed by atoms with Crippen LogP contribution in [0.5, 0.6) is 0 Å². The largest absolute Gasteiger partial charge is 0.308 e. The molecule has 4 rings (SSSR count). The van der Waals surface area contributed by atoms with Crippen LogP contribution in [0.2, 0.25) is 0 Å². The van der Waals surface area contributed by atoms with Crippen molar-refractivity contribution >= 4 is 43.6 Å². The van der Waals surface area contributed by atoms with Crippen LogP contribution in [0, 0.1) is 5.82 Å². The van der Waals surface area contributed by atoms with Crippen molar-refractivity contribution in [3.8, 4) is 0 Å². The van der Waals surface area contributed by atoms with E-state index in [4.69, 9.17) is 0 Å². The van der Waals surface area contributed by atoms with Crippen LogP contribution in [0.3, 0.4) is 0 Å². The minimum absolute atomic E-state index is 0.0341. The third-order valence-electron chi connectivity index (χ3n) is 4.37. The molecule has 2 aromatic heterocycles. The monoisotopic (exact) mass is 398 g/mol. The van der Waals surface area contributed by atoms with E-state index < -0.39 is 0 Å². The highest BCUT2D eigenvalue weighted by Gasteiger charge is 2.22. The predicted molar refractivity (Wildman–Crippen MR) is 108 cm³/mol. The van der Waals surface area contributed by atoms with Crippen molar-refractivity contribution < 1.29 is 9.18 Å². The van der Waals surface area contributed by atoms with Gasteiger partial charge in [0.05, 0.1) is 10.2 Å². The van der Waals surface area contributed by atoms with Gasteiger partial charge in [-0.25, -0.2) is 14.1 Å². The number of carbonyl (C=O) groups is 1. The van der Waals surface area contributed by atoms with Crippen LogP contribution in [0.4, 0.5) is 9.52 Å². The average Bonchev–Trinajstić information content (AvgIpc) is 3.27. The van der Waals surface area contributed by atoms with E-state index >= 15 is 0 Å². The molecule has 0 aliphatic carbocycles. The second-order valence-electron chi connectivity index (χ2n) is 6.67. The summed E-state index contributed by atoms with van der Waals surface area (Å²) >= 11 is 1.31. The molecule has 0 unspecified atom stereocenters. The van der Waals surface area contributed by atoms with Crippen molar-refractivity contribution in [2.24, 2.45) is 0 Å². The second-order valence-corrected chi connectivity index (χ2v) is 7.68. The molecule has 0 radical (unpaired) electrons. The first-order chi connectivity index (χ1) is 13.5. The number of likely N-dealkylation sites (N-methyl/N-ethyl adjacent to an activating group) is 1. The molecule has 0 aliphatic heterocycles. The third kappa shape index (κ3) is 3.58. The van der Waals surface area contributed by atoms with Crippen molar-refractivity contribution in [3.05, 3.63) is 48.3 Å². The SMILES string of the molecule is CN(C)CCN(C(=O)Cn1nnc2ccccc21)c1nc2c(F)cccc2s1. The molecule has 0 atom stereocenters. The molecule has 144 valence electrons. The zero-order chi connectivity index (χ0) is 19.7. The highest BCUT2D eigenvalue weighted by atomic mass is 32.1. The number of nitrogens with zero attached hydrogens (tertiary/aromatic N) is 6. The molecule has 4 aromatic rings. The predicted octanol–water partition coefficient (Wildman–Crippen LogP) is 2.77. The maximum Gasteiger partial charge on any atom is 0.250 e. The minimum atomic E-state index is -0.387. The van der Waals surface area contributed by atoms with Gasteiger partial charge in [0.2, 0.25) is 0 Å². The van der Waals surface area contributed by atoms with Crippen LogP contribution >= 0.6 is 11.3 Å². The number of halogens is 1. The summed E-state index contributed by atoms with van der Waals surface area (Å²) < 4.78 is 16.4. The van der Waals surface area contributed by atoms with E-state index in [1.165, 1.54) is 17.4 Å². The summed E-state index contributed by atoms with van der Waals surface area (Å²) in [5.74, 6) is -0.556. The highest BCUT2D eigenvalue weighted by molar-refractivity contribution is 7.22. The number of amides is 1. The van der Waals surface area contributed by atoms with Crippen LogP contribution in [-0.4, -0.2) is 58.0 Å². The van der Waals surface area contributed by atoms with Gasteiger partial charge in [-0.3, -0.25) is 9.69 Å². The fourth-order valence-corrected chi connectivity index (χ4v) is 3.92. The van der Waals surface area contributed by atoms with E-state index in [1.54, 1.807) is 21.7 Å². The second kappa shape index (κ2) is 7.61. The molecule has 2 heterocycles. The number of para-hydroxylation sites is 2. The molecule has 0 saturated heterocycles. The summed E-state index contributed by atoms with van der Waals surface area (Å²) in [5.41, 5.74) is 1.81. The molecule has 0 fully saturated rings. The maximum absolute atomic E-state index is 14.1. The Bertz CT molecular complexity index is 1140. The molecule has 0 saturated carbocycles. The molecule has 28 heavy (non-hydrogen) atoms. The van der Waals surface area contributed by atoms with Crippen molar-refractivity contribution in [2.45, 2.75) is 6.54 Å². The van der Waals surface area contributed by atoms with Gasteiger partial charge >= 0.3 is 0 Å². The highest BCUT2D eigenvalue weighted by Crippen LogP contribution is 2.30. The van der Waals surface area contributed by atoms with Gasteiger partial charge in [-0.2, -0.15) is 0 Å². The van der Waals surface area contributed by atoms with Gasteiger partial charge in [-0.15, -0.1) is 5.10 Å². The Balaban J connectivity index is 1.66. The Labute approximate surface area is 165 Å². The standard InChI is InChI=1S/C19H19FN6OS/c1-24(2)10-11-25(19-21-18-13(20)6-5-9-16(18)28-19)17(27)12-26-15-8-4-3-7-14(15)22-23-26/h3-9H,10-12H2,1-2H3. The molecular formula is C19H19FN6OS. The van der Waals surface area contributed by atoms with Crippen LogP contribution in [0.15, 0.2) is 42.5 Å². The lowest BCUT2D eigenvalue weighted by atomic mass is 10.3. The van der Waals surface area contributed by atoms with Crippen LogP contribution < -0.4 is 4.90 Å². The Morgan fingerprint density at radius 2 is 1.96 bits per heavy atom. The Hall–Kier alpha value is -2.91. The first kappa shape index (κ1) is 18.5. The topological polar surface area (TPSA) is 67.2 Å². The Morgan fingerprint density at radius 3 is 2.75 bits per heavy atom. The van der Waals surface area contributed by atoms with Crippen LogP contribution in [-0.2, 0) is 11.3 Å². The summed E-state index contributed by atoms with van der Waals surface area (Å²) in [6.45, 7) is 1.13. The van der Waals surface area contributed by atoms with E-state index in [9.17, 15) is 9.18 Å². The minimum Gasteiger partial charge on any atom is -0.308 e. The number of hydrogen-bond acceptors (Lipinski definition) is 6. The first-order valence-electron chi connectivity index (χ1n) is 8.81. The zero-order valence-corrected chi connectivity index (χ0v) is 16.4. The Kier molecular flexibility index (Phi) is 5.01. The van der Waals surface area contributed by atoms with E-state index in [1.807, 2.05) is 43.3 Å². The van der Waals surface area contributed by atoms with Gasteiger partial charge < -0.3 is 4.90 Å². The number of hydrogen-bond donors (Lipinski definition) is 0. The lowest BCUT2D eigenvalue weighted by Gasteiger charge is -2.22. The maximum atomic E-state index is 14.1. The number of benzene rings is 2. The lowest BCUT2D eigenvalue weighted by Crippen LogP contribution is -2.38. The van der Waals surface area contributed by atoms with Gasteiger partial charge in [0, 0.05) is 13.1 Å². The van der Waals surface area contributed by atoms with Gasteiger partial charge in [0.15, 0.2) is 5.13 Å². The van der Waals surface area contributed by atoms with E-state index in [2.05, 4.69) is 15.3 Å². The quantitative estimate of drug-likeness (QED) is 0.500. The molecule has 0 N–H and O–H groups in total. The number of aromatic nitrogens is 4. The van der Waals surface area contributed by atoms with E-state index in [0.29, 0.717) is 22.9 Å². The molecule has 0 spiro atoms. The average molecular weight is 398 g/mol. The lowest BCUT2D eigenvalue weighted by molar-refractivity contribution is -0.119. The summed E-state index contributed by atoms with van der Waals surface area (Å²) in [7, 11) is 3.87. The fraction of sp³-hybridized carbons (Fsp3) is 0.263. The van der Waals surface area contributed by atoms with Crippen molar-refractivity contribution in [1.29, 1.82) is 0 Å². The third-order valence-corrected chi connectivity index (χ3v) is 5.41. The van der Waals surface area contributed by atoms with Gasteiger partial charge in [-0.1, -0.05) is 34.7 Å². The molecule has 1 amide bonds. The number of rotatable bonds is 6. The number of thiazole rings is 1. The first-order valence-corrected chi connectivity index (χ1v) is 9.63. The van der Waals surface area contributed by atoms with Crippen LogP contribution in [0.25, 0.3) is 21.3 Å². The fourth-order valence-electron chi connectivity index (χ4n) is 2.89. The van der Waals surface area contributed by atoms with Crippen molar-refractivity contribution in [3.63, 3.8) is 0 Å². The van der Waals surface area contributed by atoms with Gasteiger partial charge in [0.1, 0.15) is 23.4 Å². The number of carbonyl (C=O) groups excluding carboxylic acids is 1. The van der Waals surface area contributed by atoms with Gasteiger partial charge in [0.25, 0.3) is 5.91 Å². The van der Waals surface area contributed by atoms with Crippen molar-refractivity contribution in [2.75, 3.05) is 32.1 Å². The summed E-state index contributed by atoms with van der Waals surface area (Å²) in [6.07, 6.45) is 0. The molecule has 0 bridgehead atoms. The van der Waals surface area contributed by atoms with Crippen LogP contribution in [0.1, 0.15) is 0 Å². The normalized spacial score (nSPS) is 11.6. The molecular weight excluding hydrogens is 379 g/mol. The van der Waals surface area contributed by atoms with E-state index in [-0.39, 0.29) is 23.8 Å². The molecule has 2 aromatic carbocycles. The summed E-state index contributed by atoms with van der Waals surface area (Å²) in [6, 6.07) is 12.3. The number of fused-ring (bicyclic) bond motifs is 2. The summed E-state index contributed by atoms with van der Waals surface area (Å²) in [5, 5.41) is 8.67. The molecule has 7 nitrogen and oxygen atoms in total. The Morgan fingerprint density at radius 1 is 1.14 bits per heavy atom. The van der Waals surface area contributed by atoms with Crippen molar-refractivity contribution in [1.82, 2.24) is 24.9 Å². The zero-order valence-electron chi connectivity index (χ0n) is 15.5. The van der Waals surface area contributed by atoms with E-state index in [0.717, 1.165) is 11.0 Å². The smallest absolute Gasteiger partial charge is 0.250 e. The number of anilines is 1. The van der Waals surface area contributed by atoms with Gasteiger partial charge in [-0.05, 0) is 38.4 Å². The summed E-state index contributed by atoms with van der Waals surface area (Å²) in [4.78, 5) is 21.1. The molecule has 0 aliphatic rings. The molecule has 9 heteroatoms.